The van der Waals surface area contributed by atoms with E-state index in [1.54, 1.807) is 0 Å². The maximum absolute atomic E-state index is 12.3. The molecule has 2 rings (SSSR count). The number of hydrazine groups is 1. The molecule has 0 saturated heterocycles. The molecule has 1 amide bonds. The molecule has 0 radical (unpaired) electrons. The monoisotopic (exact) mass is 275 g/mol. The Morgan fingerprint density at radius 2 is 1.85 bits per heavy atom. The van der Waals surface area contributed by atoms with Gasteiger partial charge in [-0.1, -0.05) is 33.8 Å². The van der Waals surface area contributed by atoms with Crippen LogP contribution in [0.2, 0.25) is 0 Å². The Bertz CT molecular complexity index is 521. The van der Waals surface area contributed by atoms with Gasteiger partial charge in [0.1, 0.15) is 0 Å². The van der Waals surface area contributed by atoms with Crippen molar-refractivity contribution >= 4 is 11.6 Å². The maximum Gasteiger partial charge on any atom is 0.253 e. The van der Waals surface area contributed by atoms with E-state index in [4.69, 9.17) is 5.84 Å². The zero-order valence-corrected chi connectivity index (χ0v) is 13.0. The molecule has 0 bridgehead atoms. The Morgan fingerprint density at radius 1 is 1.25 bits per heavy atom. The summed E-state index contributed by atoms with van der Waals surface area (Å²) in [4.78, 5) is 12.3. The molecule has 0 heterocycles. The smallest absolute Gasteiger partial charge is 0.253 e. The fraction of sp³-hybridized carbons (Fsp3) is 0.562. The van der Waals surface area contributed by atoms with Crippen LogP contribution in [0.3, 0.4) is 0 Å². The van der Waals surface area contributed by atoms with Gasteiger partial charge in [0.05, 0.1) is 11.3 Å². The van der Waals surface area contributed by atoms with E-state index in [9.17, 15) is 4.79 Å². The number of nitrogens with two attached hydrogens (primary N) is 1. The van der Waals surface area contributed by atoms with Crippen LogP contribution in [0.5, 0.6) is 0 Å². The number of aryl methyl sites for hydroxylation is 1. The van der Waals surface area contributed by atoms with E-state index < -0.39 is 0 Å². The van der Waals surface area contributed by atoms with Crippen molar-refractivity contribution in [1.29, 1.82) is 0 Å². The Morgan fingerprint density at radius 3 is 2.35 bits per heavy atom. The normalized spacial score (nSPS) is 19.5. The zero-order chi connectivity index (χ0) is 15.1. The van der Waals surface area contributed by atoms with Gasteiger partial charge >= 0.3 is 0 Å². The number of nitrogens with one attached hydrogen (secondary N) is 2. The second-order valence-electron chi connectivity index (χ2n) is 6.90. The van der Waals surface area contributed by atoms with Gasteiger partial charge in [0.15, 0.2) is 0 Å². The molecule has 110 valence electrons. The maximum atomic E-state index is 12.3. The number of anilines is 1. The van der Waals surface area contributed by atoms with Crippen LogP contribution in [0.15, 0.2) is 18.2 Å². The molecule has 4 N–H and O–H groups in total. The second-order valence-corrected chi connectivity index (χ2v) is 6.90. The lowest BCUT2D eigenvalue weighted by Gasteiger charge is -2.11. The van der Waals surface area contributed by atoms with Crippen molar-refractivity contribution in [2.24, 2.45) is 22.6 Å². The van der Waals surface area contributed by atoms with E-state index in [1.165, 1.54) is 0 Å². The van der Waals surface area contributed by atoms with Crippen molar-refractivity contribution in [2.45, 2.75) is 34.6 Å². The van der Waals surface area contributed by atoms with Gasteiger partial charge in [-0.3, -0.25) is 10.6 Å². The molecular formula is C16H25N3O. The fourth-order valence-corrected chi connectivity index (χ4v) is 3.11. The van der Waals surface area contributed by atoms with E-state index in [2.05, 4.69) is 38.4 Å². The van der Waals surface area contributed by atoms with E-state index >= 15 is 0 Å². The Kier molecular flexibility index (Phi) is 3.54. The van der Waals surface area contributed by atoms with Crippen LogP contribution >= 0.6 is 0 Å². The van der Waals surface area contributed by atoms with Gasteiger partial charge < -0.3 is 10.7 Å². The molecule has 1 saturated carbocycles. The number of hydrogen-bond acceptors (Lipinski definition) is 3. The number of rotatable bonds is 4. The first kappa shape index (κ1) is 14.9. The lowest BCUT2D eigenvalue weighted by Crippen LogP contribution is -2.28. The van der Waals surface area contributed by atoms with Gasteiger partial charge in [-0.15, -0.1) is 0 Å². The van der Waals surface area contributed by atoms with Crippen molar-refractivity contribution in [3.8, 4) is 0 Å². The van der Waals surface area contributed by atoms with Crippen LogP contribution in [0.25, 0.3) is 0 Å². The number of hydrogen-bond donors (Lipinski definition) is 3. The van der Waals surface area contributed by atoms with Gasteiger partial charge in [0, 0.05) is 6.54 Å². The van der Waals surface area contributed by atoms with Crippen LogP contribution in [0.1, 0.15) is 43.6 Å². The zero-order valence-electron chi connectivity index (χ0n) is 13.0. The van der Waals surface area contributed by atoms with Gasteiger partial charge in [-0.25, -0.2) is 0 Å². The standard InChI is InChI=1S/C16H25N3O/c1-10-6-7-11(12(8-10)19-17)14(20)18-9-13-15(2,3)16(13,4)5/h6-8,13,19H,9,17H2,1-5H3,(H,18,20). The molecule has 1 aliphatic rings. The number of carbonyl (C=O) groups excluding carboxylic acids is 1. The molecule has 1 aliphatic carbocycles. The largest absolute Gasteiger partial charge is 0.352 e. The quantitative estimate of drug-likeness (QED) is 0.584. The minimum Gasteiger partial charge on any atom is -0.352 e. The molecule has 4 nitrogen and oxygen atoms in total. The molecule has 1 aromatic carbocycles. The third-order valence-corrected chi connectivity index (χ3v) is 5.36. The van der Waals surface area contributed by atoms with Gasteiger partial charge in [0.25, 0.3) is 5.91 Å². The molecule has 1 fully saturated rings. The topological polar surface area (TPSA) is 67.2 Å². The average Bonchev–Trinajstić information content (AvgIpc) is 2.76. The predicted molar refractivity (Wildman–Crippen MR) is 82.4 cm³/mol. The molecular weight excluding hydrogens is 250 g/mol. The van der Waals surface area contributed by atoms with Gasteiger partial charge in [0.2, 0.25) is 0 Å². The third-order valence-electron chi connectivity index (χ3n) is 5.36. The first-order valence-electron chi connectivity index (χ1n) is 7.07. The summed E-state index contributed by atoms with van der Waals surface area (Å²) in [5.41, 5.74) is 5.48. The van der Waals surface area contributed by atoms with Crippen molar-refractivity contribution < 1.29 is 4.79 Å². The Hall–Kier alpha value is -1.55. The van der Waals surface area contributed by atoms with E-state index in [1.807, 2.05) is 25.1 Å². The molecule has 4 heteroatoms. The van der Waals surface area contributed by atoms with Gasteiger partial charge in [-0.2, -0.15) is 0 Å². The summed E-state index contributed by atoms with van der Waals surface area (Å²) in [7, 11) is 0. The van der Waals surface area contributed by atoms with Crippen LogP contribution in [-0.4, -0.2) is 12.5 Å². The van der Waals surface area contributed by atoms with Gasteiger partial charge in [-0.05, 0) is 41.4 Å². The van der Waals surface area contributed by atoms with Crippen molar-refractivity contribution in [1.82, 2.24) is 5.32 Å². The SMILES string of the molecule is Cc1ccc(C(=O)NCC2C(C)(C)C2(C)C)c(NN)c1. The number of nitrogen functional groups attached to an aromatic ring is 1. The molecule has 0 atom stereocenters. The number of benzene rings is 1. The molecule has 0 aromatic heterocycles. The minimum atomic E-state index is -0.0727. The van der Waals surface area contributed by atoms with Crippen LogP contribution in [-0.2, 0) is 0 Å². The van der Waals surface area contributed by atoms with E-state index in [0.29, 0.717) is 23.7 Å². The Balaban J connectivity index is 2.04. The molecule has 0 spiro atoms. The molecule has 0 aliphatic heterocycles. The van der Waals surface area contributed by atoms with Crippen LogP contribution in [0.4, 0.5) is 5.69 Å². The summed E-state index contributed by atoms with van der Waals surface area (Å²) < 4.78 is 0. The summed E-state index contributed by atoms with van der Waals surface area (Å²) >= 11 is 0. The first-order chi connectivity index (χ1) is 9.21. The van der Waals surface area contributed by atoms with Crippen molar-refractivity contribution in [3.63, 3.8) is 0 Å². The summed E-state index contributed by atoms with van der Waals surface area (Å²) in [6, 6.07) is 5.60. The first-order valence-corrected chi connectivity index (χ1v) is 7.07. The highest BCUT2D eigenvalue weighted by Gasteiger charge is 2.64. The predicted octanol–water partition coefficient (Wildman–Crippen LogP) is 2.69. The highest BCUT2D eigenvalue weighted by Crippen LogP contribution is 2.67. The number of amides is 1. The summed E-state index contributed by atoms with van der Waals surface area (Å²) in [6.45, 7) is 11.7. The van der Waals surface area contributed by atoms with Crippen LogP contribution < -0.4 is 16.6 Å². The molecule has 0 unspecified atom stereocenters. The Labute approximate surface area is 121 Å². The lowest BCUT2D eigenvalue weighted by atomic mass is 10.0. The average molecular weight is 275 g/mol. The van der Waals surface area contributed by atoms with E-state index in [-0.39, 0.29) is 16.7 Å². The number of carbonyl (C=O) groups is 1. The highest BCUT2D eigenvalue weighted by atomic mass is 16.1. The van der Waals surface area contributed by atoms with Crippen LogP contribution in [0, 0.1) is 23.7 Å². The molecule has 1 aromatic rings. The lowest BCUT2D eigenvalue weighted by molar-refractivity contribution is 0.0950. The fourth-order valence-electron chi connectivity index (χ4n) is 3.11. The minimum absolute atomic E-state index is 0.0727. The summed E-state index contributed by atoms with van der Waals surface area (Å²) in [6.07, 6.45) is 0. The highest BCUT2D eigenvalue weighted by molar-refractivity contribution is 5.99. The van der Waals surface area contributed by atoms with Crippen molar-refractivity contribution in [2.75, 3.05) is 12.0 Å². The summed E-state index contributed by atoms with van der Waals surface area (Å²) in [5.74, 6) is 5.92. The van der Waals surface area contributed by atoms with E-state index in [0.717, 1.165) is 5.56 Å². The second kappa shape index (κ2) is 4.77. The molecule has 20 heavy (non-hydrogen) atoms. The summed E-state index contributed by atoms with van der Waals surface area (Å²) in [5, 5.41) is 3.03. The third kappa shape index (κ3) is 2.29. The van der Waals surface area contributed by atoms with Crippen molar-refractivity contribution in [3.05, 3.63) is 29.3 Å².